The Morgan fingerprint density at radius 1 is 1.08 bits per heavy atom. The van der Waals surface area contributed by atoms with Crippen molar-refractivity contribution in [2.24, 2.45) is 0 Å². The largest absolute Gasteiger partial charge is 0.598 e. The van der Waals surface area contributed by atoms with E-state index in [2.05, 4.69) is 27.3 Å². The van der Waals surface area contributed by atoms with E-state index in [0.29, 0.717) is 24.7 Å². The standard InChI is InChI=1S/C30H32INO5S/c1-5-35-27(33)18-22-13-9-10-14-25(22)36-19-20-15-23-17-26(37-29(23)24(31)16-20)28(21-11-7-6-8-12-21)32-38(34)30(2,3)4/h6-17,28,32H,5,18-19H2,1-4H3/t28?,38-/m1/s1. The van der Waals surface area contributed by atoms with Crippen molar-refractivity contribution in [2.75, 3.05) is 6.61 Å². The van der Waals surface area contributed by atoms with E-state index in [1.807, 2.05) is 93.6 Å². The number of carbonyl (C=O) groups is 1. The summed E-state index contributed by atoms with van der Waals surface area (Å²) in [5.41, 5.74) is 3.51. The minimum Gasteiger partial charge on any atom is -0.598 e. The minimum absolute atomic E-state index is 0.162. The molecule has 2 atom stereocenters. The van der Waals surface area contributed by atoms with Crippen LogP contribution in [0.5, 0.6) is 5.75 Å². The lowest BCUT2D eigenvalue weighted by molar-refractivity contribution is -0.142. The topological polar surface area (TPSA) is 83.8 Å². The lowest BCUT2D eigenvalue weighted by Crippen LogP contribution is -2.41. The third-order valence-corrected chi connectivity index (χ3v) is 8.22. The number of nitrogens with one attached hydrogen (secondary N) is 1. The van der Waals surface area contributed by atoms with Crippen LogP contribution < -0.4 is 9.46 Å². The molecule has 1 N–H and O–H groups in total. The van der Waals surface area contributed by atoms with Gasteiger partial charge in [-0.25, -0.2) is 0 Å². The number of benzene rings is 3. The van der Waals surface area contributed by atoms with E-state index in [9.17, 15) is 9.35 Å². The van der Waals surface area contributed by atoms with E-state index in [-0.39, 0.29) is 18.4 Å². The van der Waals surface area contributed by atoms with E-state index in [0.717, 1.165) is 31.2 Å². The van der Waals surface area contributed by atoms with Crippen LogP contribution in [0.3, 0.4) is 0 Å². The second-order valence-corrected chi connectivity index (χ2v) is 13.0. The van der Waals surface area contributed by atoms with E-state index >= 15 is 0 Å². The van der Waals surface area contributed by atoms with Crippen LogP contribution in [0.4, 0.5) is 0 Å². The van der Waals surface area contributed by atoms with Crippen LogP contribution in [0.1, 0.15) is 56.2 Å². The van der Waals surface area contributed by atoms with Crippen molar-refractivity contribution in [3.8, 4) is 5.75 Å². The van der Waals surface area contributed by atoms with Gasteiger partial charge in [-0.2, -0.15) is 0 Å². The fourth-order valence-electron chi connectivity index (χ4n) is 3.95. The summed E-state index contributed by atoms with van der Waals surface area (Å²) in [6.45, 7) is 8.30. The first kappa shape index (κ1) is 28.5. The molecule has 0 aliphatic rings. The Hall–Kier alpha value is -2.53. The van der Waals surface area contributed by atoms with Crippen molar-refractivity contribution in [1.82, 2.24) is 4.72 Å². The third-order valence-electron chi connectivity index (χ3n) is 5.86. The number of esters is 1. The number of ether oxygens (including phenoxy) is 2. The summed E-state index contributed by atoms with van der Waals surface area (Å²) >= 11 is 0.972. The van der Waals surface area contributed by atoms with Crippen molar-refractivity contribution in [2.45, 2.75) is 51.5 Å². The first-order valence-corrected chi connectivity index (χ1v) is 14.7. The minimum atomic E-state index is -1.30. The fourth-order valence-corrected chi connectivity index (χ4v) is 5.59. The zero-order chi connectivity index (χ0) is 27.3. The SMILES string of the molecule is CCOC(=O)Cc1ccccc1OCc1cc(I)c2oc(C(N[S@+]([O-])C(C)(C)C)c3ccccc3)cc2c1. The molecule has 0 aliphatic heterocycles. The maximum Gasteiger partial charge on any atom is 0.310 e. The van der Waals surface area contributed by atoms with Crippen LogP contribution in [-0.4, -0.2) is 21.9 Å². The Bertz CT molecular complexity index is 1380. The van der Waals surface area contributed by atoms with Gasteiger partial charge < -0.3 is 18.4 Å². The van der Waals surface area contributed by atoms with Crippen LogP contribution in [0.2, 0.25) is 0 Å². The quantitative estimate of drug-likeness (QED) is 0.115. The molecule has 6 nitrogen and oxygen atoms in total. The summed E-state index contributed by atoms with van der Waals surface area (Å²) in [6, 6.07) is 23.1. The van der Waals surface area contributed by atoms with Crippen molar-refractivity contribution < 1.29 is 23.2 Å². The molecule has 0 spiro atoms. The zero-order valence-corrected chi connectivity index (χ0v) is 24.9. The number of hydrogen-bond acceptors (Lipinski definition) is 6. The fraction of sp³-hybridized carbons (Fsp3) is 0.300. The van der Waals surface area contributed by atoms with E-state index in [1.54, 1.807) is 6.92 Å². The number of halogens is 1. The summed E-state index contributed by atoms with van der Waals surface area (Å²) in [7, 11) is 0. The molecule has 4 rings (SSSR count). The van der Waals surface area contributed by atoms with Crippen LogP contribution in [0.25, 0.3) is 11.0 Å². The molecular weight excluding hydrogens is 613 g/mol. The lowest BCUT2D eigenvalue weighted by atomic mass is 10.1. The monoisotopic (exact) mass is 645 g/mol. The number of rotatable bonds is 10. The van der Waals surface area contributed by atoms with Crippen molar-refractivity contribution >= 4 is 50.9 Å². The molecule has 1 aromatic heterocycles. The highest BCUT2D eigenvalue weighted by Gasteiger charge is 2.32. The highest BCUT2D eigenvalue weighted by atomic mass is 127. The van der Waals surface area contributed by atoms with Gasteiger partial charge in [0, 0.05) is 22.3 Å². The van der Waals surface area contributed by atoms with Gasteiger partial charge in [0.2, 0.25) is 0 Å². The predicted octanol–water partition coefficient (Wildman–Crippen LogP) is 6.86. The second kappa shape index (κ2) is 12.5. The summed E-state index contributed by atoms with van der Waals surface area (Å²) < 4.78 is 34.4. The Morgan fingerprint density at radius 2 is 1.79 bits per heavy atom. The van der Waals surface area contributed by atoms with Gasteiger partial charge in [-0.15, -0.1) is 4.72 Å². The van der Waals surface area contributed by atoms with Crippen molar-refractivity contribution in [3.63, 3.8) is 0 Å². The summed E-state index contributed by atoms with van der Waals surface area (Å²) in [5, 5.41) is 0.939. The Morgan fingerprint density at radius 3 is 2.50 bits per heavy atom. The average Bonchev–Trinajstić information content (AvgIpc) is 3.31. The first-order valence-electron chi connectivity index (χ1n) is 12.5. The molecule has 38 heavy (non-hydrogen) atoms. The van der Waals surface area contributed by atoms with Crippen molar-refractivity contribution in [1.29, 1.82) is 0 Å². The van der Waals surface area contributed by atoms with Crippen molar-refractivity contribution in [3.05, 3.63) is 98.8 Å². The molecule has 0 saturated carbocycles. The van der Waals surface area contributed by atoms with Gasteiger partial charge in [0.15, 0.2) is 0 Å². The number of para-hydroxylation sites is 1. The Labute approximate surface area is 240 Å². The van der Waals surface area contributed by atoms with Gasteiger partial charge in [-0.05, 0) is 85.7 Å². The van der Waals surface area contributed by atoms with Gasteiger partial charge in [0.05, 0.1) is 16.6 Å². The zero-order valence-electron chi connectivity index (χ0n) is 22.0. The summed E-state index contributed by atoms with van der Waals surface area (Å²) in [5.74, 6) is 1.07. The van der Waals surface area contributed by atoms with Gasteiger partial charge >= 0.3 is 5.97 Å². The van der Waals surface area contributed by atoms with Crippen LogP contribution in [0.15, 0.2) is 77.2 Å². The number of furan rings is 1. The number of fused-ring (bicyclic) bond motifs is 1. The highest BCUT2D eigenvalue weighted by molar-refractivity contribution is 14.1. The molecule has 200 valence electrons. The average molecular weight is 646 g/mol. The van der Waals surface area contributed by atoms with Gasteiger partial charge in [-0.1, -0.05) is 48.5 Å². The number of hydrogen-bond donors (Lipinski definition) is 1. The van der Waals surface area contributed by atoms with E-state index in [4.69, 9.17) is 13.9 Å². The third kappa shape index (κ3) is 7.11. The molecule has 1 heterocycles. The lowest BCUT2D eigenvalue weighted by Gasteiger charge is -2.27. The number of carbonyl (C=O) groups excluding carboxylic acids is 1. The summed E-state index contributed by atoms with van der Waals surface area (Å²) in [4.78, 5) is 12.0. The first-order chi connectivity index (χ1) is 18.2. The maximum atomic E-state index is 13.0. The molecular formula is C30H32INO5S. The van der Waals surface area contributed by atoms with Gasteiger partial charge in [-0.3, -0.25) is 4.79 Å². The molecule has 0 saturated heterocycles. The van der Waals surface area contributed by atoms with E-state index < -0.39 is 16.1 Å². The molecule has 0 amide bonds. The van der Waals surface area contributed by atoms with Crippen LogP contribution >= 0.6 is 22.6 Å². The van der Waals surface area contributed by atoms with Gasteiger partial charge in [0.1, 0.15) is 34.5 Å². The van der Waals surface area contributed by atoms with Crippen LogP contribution in [-0.2, 0) is 33.9 Å². The Kier molecular flexibility index (Phi) is 9.40. The van der Waals surface area contributed by atoms with E-state index in [1.165, 1.54) is 0 Å². The molecule has 1 unspecified atom stereocenters. The normalized spacial score (nSPS) is 13.3. The molecule has 0 fully saturated rings. The summed E-state index contributed by atoms with van der Waals surface area (Å²) in [6.07, 6.45) is 0.162. The molecule has 0 bridgehead atoms. The van der Waals surface area contributed by atoms with Crippen LogP contribution in [0, 0.1) is 3.57 Å². The maximum absolute atomic E-state index is 13.0. The second-order valence-electron chi connectivity index (χ2n) is 9.87. The molecule has 0 aliphatic carbocycles. The van der Waals surface area contributed by atoms with Gasteiger partial charge in [0.25, 0.3) is 0 Å². The highest BCUT2D eigenvalue weighted by Crippen LogP contribution is 2.33. The molecule has 3 aromatic carbocycles. The predicted molar refractivity (Wildman–Crippen MR) is 159 cm³/mol. The molecule has 8 heteroatoms. The Balaban J connectivity index is 1.59. The molecule has 4 aromatic rings. The molecule has 0 radical (unpaired) electrons. The smallest absolute Gasteiger partial charge is 0.310 e.